The van der Waals surface area contributed by atoms with Gasteiger partial charge in [0.2, 0.25) is 17.5 Å². The number of nitrogens with one attached hydrogen (secondary N) is 1. The maximum atomic E-state index is 10.9. The van der Waals surface area contributed by atoms with Crippen LogP contribution in [-0.2, 0) is 14.2 Å². The number of anilines is 3. The number of carbonyl (C=O) groups is 1. The Labute approximate surface area is 627 Å². The fourth-order valence-corrected chi connectivity index (χ4v) is 7.69. The number of rotatable bonds is 11. The molecule has 5 aromatic carbocycles. The molecule has 4 aliphatic rings. The number of carbonyl (C=O) groups excluding carboxylic acids is 1. The third-order valence-corrected chi connectivity index (χ3v) is 13.3. The summed E-state index contributed by atoms with van der Waals surface area (Å²) in [6.45, 7) is 18.3. The minimum atomic E-state index is -3.22. The van der Waals surface area contributed by atoms with Crippen molar-refractivity contribution in [2.24, 2.45) is 16.0 Å². The number of benzene rings is 5. The molecule has 0 aliphatic carbocycles. The Morgan fingerprint density at radius 2 is 1.02 bits per heavy atom. The number of nitrogens with zero attached hydrogens (tertiary/aromatic N) is 15. The van der Waals surface area contributed by atoms with Crippen LogP contribution in [0, 0.1) is 86.4 Å². The van der Waals surface area contributed by atoms with Crippen molar-refractivity contribution in [3.63, 3.8) is 0 Å². The number of aliphatic hydroxyl groups is 1. The van der Waals surface area contributed by atoms with Gasteiger partial charge in [-0.05, 0) is 131 Å². The van der Waals surface area contributed by atoms with Gasteiger partial charge in [-0.2, -0.15) is 20.2 Å². The summed E-state index contributed by atoms with van der Waals surface area (Å²) in [6, 6.07) is 27.3. The number of nitrogens with two attached hydrogens (primary N) is 2. The van der Waals surface area contributed by atoms with E-state index in [4.69, 9.17) is 66.9 Å². The van der Waals surface area contributed by atoms with Crippen molar-refractivity contribution in [1.29, 1.82) is 5.26 Å². The second-order valence-corrected chi connectivity index (χ2v) is 31.4. The van der Waals surface area contributed by atoms with Crippen molar-refractivity contribution in [2.75, 3.05) is 68.6 Å². The van der Waals surface area contributed by atoms with Gasteiger partial charge in [0, 0.05) is 120 Å². The van der Waals surface area contributed by atoms with Gasteiger partial charge in [-0.3, -0.25) is 49.4 Å². The van der Waals surface area contributed by atoms with E-state index in [0.717, 1.165) is 49.4 Å². The van der Waals surface area contributed by atoms with Crippen molar-refractivity contribution < 1.29 is 63.5 Å². The van der Waals surface area contributed by atoms with E-state index in [1.54, 1.807) is 89.2 Å². The number of nitro groups is 4. The van der Waals surface area contributed by atoms with Crippen molar-refractivity contribution in [2.45, 2.75) is 81.6 Å². The third-order valence-electron chi connectivity index (χ3n) is 13.2. The zero-order valence-corrected chi connectivity index (χ0v) is 63.5. The molecule has 43 heteroatoms. The van der Waals surface area contributed by atoms with Crippen LogP contribution in [0.1, 0.15) is 87.3 Å². The SMILES string of the molecule is C.C1CNC1.CC#N.CCO.Cc1ccc(-c2noc(Cl)n2)cc1[N+](=O)[O-].Cc1ccc(-c2noc(N3CCC3)n2)cc1N.Cc1ccc(-c2noc(N3CCC3)n2)cc1[N+](=O)[O-].Cc1ccc(/C(N)=N/O)cc1[N+](=O)[O-].Cc1ccc(C2=NOC(=O)C2)cc1[N+](=O)[O-].O=P(Cl)(Cl)Cl.[2H]CF.[Cl][Sn][Cl]. The van der Waals surface area contributed by atoms with Gasteiger partial charge in [0.25, 0.3) is 22.7 Å². The van der Waals surface area contributed by atoms with Crippen LogP contribution in [0.3, 0.4) is 0 Å². The Morgan fingerprint density at radius 3 is 1.32 bits per heavy atom. The molecule has 0 bridgehead atoms. The topological polar surface area (TPSA) is 492 Å². The number of aryl methyl sites for hydroxylation is 5. The quantitative estimate of drug-likeness (QED) is 0.00924. The summed E-state index contributed by atoms with van der Waals surface area (Å²) in [5, 5.41) is 83.7. The van der Waals surface area contributed by atoms with Crippen LogP contribution in [0.2, 0.25) is 5.35 Å². The fourth-order valence-electron chi connectivity index (χ4n) is 7.58. The van der Waals surface area contributed by atoms with E-state index >= 15 is 0 Å². The van der Waals surface area contributed by atoms with Crippen LogP contribution in [0.5, 0.6) is 0 Å². The Hall–Kier alpha value is -8.96. The van der Waals surface area contributed by atoms with Crippen molar-refractivity contribution in [3.8, 4) is 40.2 Å². The summed E-state index contributed by atoms with van der Waals surface area (Å²) in [6.07, 6.45) is 3.75. The summed E-state index contributed by atoms with van der Waals surface area (Å²) in [5.74, 6) is 0.614. The number of halogens is 7. The number of oxime groups is 2. The van der Waals surface area contributed by atoms with Crippen LogP contribution >= 0.6 is 68.4 Å². The van der Waals surface area contributed by atoms with Gasteiger partial charge >= 0.3 is 65.3 Å². The Bertz CT molecular complexity index is 4220. The molecule has 7 heterocycles. The van der Waals surface area contributed by atoms with Crippen LogP contribution in [-0.4, -0.2) is 150 Å². The molecule has 8 aromatic rings. The summed E-state index contributed by atoms with van der Waals surface area (Å²) >= 11 is 18.5. The first-order valence-electron chi connectivity index (χ1n) is 29.9. The van der Waals surface area contributed by atoms with E-state index in [1.807, 2.05) is 30.0 Å². The molecular weight excluding hydrogens is 1610 g/mol. The molecule has 3 fully saturated rings. The molecule has 0 atom stereocenters. The number of aliphatic hydroxyl groups excluding tert-OH is 1. The molecule has 7 N–H and O–H groups in total. The predicted octanol–water partition coefficient (Wildman–Crippen LogP) is 14.7. The molecule has 103 heavy (non-hydrogen) atoms. The third kappa shape index (κ3) is 32.5. The van der Waals surface area contributed by atoms with Gasteiger partial charge in [0.1, 0.15) is 0 Å². The molecule has 0 amide bonds. The molecular formula is C60H72Cl6FN18O16PSn. The van der Waals surface area contributed by atoms with Gasteiger partial charge in [0.15, 0.2) is 5.84 Å². The monoisotopic (exact) mass is 1680 g/mol. The Kier molecular flexibility index (Phi) is 42.1. The predicted molar refractivity (Wildman–Crippen MR) is 393 cm³/mol. The molecule has 0 spiro atoms. The zero-order valence-electron chi connectivity index (χ0n) is 56.2. The van der Waals surface area contributed by atoms with Gasteiger partial charge in [0.05, 0.1) is 46.4 Å². The van der Waals surface area contributed by atoms with Crippen LogP contribution < -0.4 is 26.6 Å². The number of nitro benzene ring substituents is 4. The van der Waals surface area contributed by atoms with Gasteiger partial charge in [-0.15, -0.1) is 0 Å². The van der Waals surface area contributed by atoms with E-state index in [-0.39, 0.29) is 60.2 Å². The number of amidine groups is 1. The molecule has 3 aromatic heterocycles. The summed E-state index contributed by atoms with van der Waals surface area (Å²) in [4.78, 5) is 72.8. The van der Waals surface area contributed by atoms with Crippen molar-refractivity contribution >= 4 is 145 Å². The molecule has 4 aliphatic heterocycles. The number of aromatic nitrogens is 6. The van der Waals surface area contributed by atoms with Crippen LogP contribution in [0.25, 0.3) is 34.2 Å². The molecule has 0 saturated carbocycles. The van der Waals surface area contributed by atoms with E-state index in [1.165, 1.54) is 57.1 Å². The first kappa shape index (κ1) is 90.1. The number of nitriles is 1. The van der Waals surface area contributed by atoms with E-state index in [9.17, 15) is 54.2 Å². The van der Waals surface area contributed by atoms with Gasteiger partial charge in [-0.1, -0.05) is 93.9 Å². The maximum absolute atomic E-state index is 10.9. The summed E-state index contributed by atoms with van der Waals surface area (Å²) < 4.78 is 40.0. The average molecular weight is 1680 g/mol. The number of alkyl halides is 1. The minimum absolute atomic E-state index is 0. The van der Waals surface area contributed by atoms with Crippen molar-refractivity contribution in [1.82, 2.24) is 35.7 Å². The molecule has 556 valence electrons. The van der Waals surface area contributed by atoms with Crippen LogP contribution in [0.4, 0.5) is 44.9 Å². The van der Waals surface area contributed by atoms with Crippen molar-refractivity contribution in [3.05, 3.63) is 176 Å². The standard InChI is InChI=1S/C12H12N4O3.C12H14N4O.C10H8N2O4.C9H6ClN3O3.C8H9N3O3.C3H7N.C2H3N.C2H6O.CH3F.CH4.Cl3OP.2ClH.Sn/c1-8-3-4-9(7-10(8)16(17)18)11-13-12(19-14-11)15-5-2-6-15;1-8-3-4-9(7-10(8)13)11-14-12(17-15-11)16-5-2-6-16;1-6-2-3-7(4-9(6)12(14)15)8-5-10(13)16-11-8;1-5-2-3-6(4-7(5)13(14)15)8-11-9(10)16-12-8;1-5-2-3-6(8(9)10-12)4-7(5)11(13)14;1-2-4-3-1;2*1-2-3;1-2;;1-5(2,3)4;;;/h3-4,7H,2,5-6H2,1H3;3-4,7H,2,5-6,13H2,1H3;2-4H,5H2,1H3;2-4H,1H3;2-4,12H,1H3,(H2,9,10);4H,1-3H2;1H3;3H,2H2,1H3;1H3;1H4;;2*1H;/q;;;;;;;;;;;;;+2/p-2/i;;;;;;;;1D;;;;;. The fraction of sp³-hybridized carbons (Fsp3) is 0.333. The summed E-state index contributed by atoms with van der Waals surface area (Å²) in [5.41, 5.74) is 18.6. The second-order valence-electron chi connectivity index (χ2n) is 20.2. The van der Waals surface area contributed by atoms with Gasteiger partial charge in [-0.25, -0.2) is 4.79 Å². The molecule has 34 nitrogen and oxygen atoms in total. The number of hydrogen-bond donors (Lipinski definition) is 5. The average Bonchev–Trinajstić information content (AvgIpc) is 1.43. The molecule has 3 saturated heterocycles. The van der Waals surface area contributed by atoms with E-state index in [2.05, 4.69) is 94.0 Å². The molecule has 0 unspecified atom stereocenters. The van der Waals surface area contributed by atoms with Gasteiger partial charge < -0.3 is 55.3 Å². The second kappa shape index (κ2) is 48.1. The first-order chi connectivity index (χ1) is 48.8. The first-order valence-corrected chi connectivity index (χ1v) is 41.2. The normalized spacial score (nSPS) is 12.6. The Balaban J connectivity index is 0.000000607. The van der Waals surface area contributed by atoms with Crippen LogP contribution in [0.15, 0.2) is 115 Å². The number of hydrogen-bond acceptors (Lipinski definition) is 29. The molecule has 12 rings (SSSR count). The molecule has 2 radical (unpaired) electrons. The Morgan fingerprint density at radius 1 is 0.699 bits per heavy atom. The van der Waals surface area contributed by atoms with E-state index < -0.39 is 56.9 Å². The summed E-state index contributed by atoms with van der Waals surface area (Å²) in [7, 11) is 8.87. The zero-order chi connectivity index (χ0) is 77.5. The number of nitrogen functional groups attached to an aromatic ring is 1. The van der Waals surface area contributed by atoms with E-state index in [0.29, 0.717) is 73.9 Å².